The van der Waals surface area contributed by atoms with E-state index in [-0.39, 0.29) is 17.8 Å². The van der Waals surface area contributed by atoms with Crippen molar-refractivity contribution in [1.29, 1.82) is 0 Å². The highest BCUT2D eigenvalue weighted by atomic mass is 19.1. The molecule has 2 N–H and O–H groups in total. The number of nitrogens with one attached hydrogen (secondary N) is 2. The minimum absolute atomic E-state index is 0.0603. The van der Waals surface area contributed by atoms with Gasteiger partial charge in [-0.05, 0) is 49.7 Å². The number of H-pyrrole nitrogens is 1. The van der Waals surface area contributed by atoms with Gasteiger partial charge in [-0.3, -0.25) is 19.8 Å². The molecular weight excluding hydrogens is 357 g/mol. The lowest BCUT2D eigenvalue weighted by Crippen LogP contribution is -2.47. The van der Waals surface area contributed by atoms with E-state index in [9.17, 15) is 9.18 Å². The van der Waals surface area contributed by atoms with Crippen LogP contribution in [-0.2, 0) is 6.54 Å². The maximum Gasteiger partial charge on any atom is 0.269 e. The lowest BCUT2D eigenvalue weighted by molar-refractivity contribution is 0.0895. The zero-order valence-electron chi connectivity index (χ0n) is 15.4. The molecule has 0 radical (unpaired) electrons. The van der Waals surface area contributed by atoms with Crippen LogP contribution in [-0.4, -0.2) is 45.1 Å². The fourth-order valence-electron chi connectivity index (χ4n) is 3.55. The zero-order chi connectivity index (χ0) is 19.3. The van der Waals surface area contributed by atoms with Crippen molar-refractivity contribution >= 4 is 5.91 Å². The first-order valence-corrected chi connectivity index (χ1v) is 9.42. The number of amides is 1. The molecule has 6 nitrogen and oxygen atoms in total. The number of carbonyl (C=O) groups is 1. The molecule has 4 rings (SSSR count). The molecule has 1 saturated heterocycles. The minimum atomic E-state index is -0.363. The van der Waals surface area contributed by atoms with Gasteiger partial charge in [0.15, 0.2) is 0 Å². The molecule has 144 valence electrons. The number of aromatic amines is 1. The quantitative estimate of drug-likeness (QED) is 0.715. The highest BCUT2D eigenvalue weighted by molar-refractivity contribution is 5.93. The summed E-state index contributed by atoms with van der Waals surface area (Å²) in [6, 6.07) is 13.9. The summed E-state index contributed by atoms with van der Waals surface area (Å²) in [5.74, 6) is -0.585. The smallest absolute Gasteiger partial charge is 0.269 e. The van der Waals surface area contributed by atoms with Crippen molar-refractivity contribution in [3.63, 3.8) is 0 Å². The van der Waals surface area contributed by atoms with Gasteiger partial charge in [0.05, 0.1) is 11.4 Å². The monoisotopic (exact) mass is 379 g/mol. The van der Waals surface area contributed by atoms with Crippen LogP contribution in [0.1, 0.15) is 29.0 Å². The number of rotatable bonds is 5. The number of likely N-dealkylation sites (tertiary alicyclic amines) is 1. The van der Waals surface area contributed by atoms with Gasteiger partial charge < -0.3 is 5.32 Å². The van der Waals surface area contributed by atoms with Gasteiger partial charge in [0.1, 0.15) is 11.5 Å². The Morgan fingerprint density at radius 3 is 2.93 bits per heavy atom. The summed E-state index contributed by atoms with van der Waals surface area (Å²) >= 11 is 0. The van der Waals surface area contributed by atoms with Crippen LogP contribution in [0, 0.1) is 5.82 Å². The fourth-order valence-corrected chi connectivity index (χ4v) is 3.55. The molecule has 0 saturated carbocycles. The number of hydrogen-bond acceptors (Lipinski definition) is 4. The predicted molar refractivity (Wildman–Crippen MR) is 104 cm³/mol. The first-order chi connectivity index (χ1) is 13.7. The van der Waals surface area contributed by atoms with Gasteiger partial charge in [-0.25, -0.2) is 4.39 Å². The third-order valence-corrected chi connectivity index (χ3v) is 4.92. The van der Waals surface area contributed by atoms with Crippen LogP contribution in [0.2, 0.25) is 0 Å². The third-order valence-electron chi connectivity index (χ3n) is 4.92. The van der Waals surface area contributed by atoms with Crippen LogP contribution in [0.3, 0.4) is 0 Å². The molecule has 3 heterocycles. The summed E-state index contributed by atoms with van der Waals surface area (Å²) in [7, 11) is 0. The molecule has 0 bridgehead atoms. The predicted octanol–water partition coefficient (Wildman–Crippen LogP) is 3.01. The van der Waals surface area contributed by atoms with Crippen LogP contribution in [0.25, 0.3) is 11.3 Å². The average Bonchev–Trinajstić information content (AvgIpc) is 3.20. The minimum Gasteiger partial charge on any atom is -0.347 e. The molecule has 1 fully saturated rings. The number of hydrogen-bond donors (Lipinski definition) is 2. The van der Waals surface area contributed by atoms with Crippen LogP contribution < -0.4 is 5.32 Å². The topological polar surface area (TPSA) is 73.9 Å². The molecule has 1 aliphatic heterocycles. The lowest BCUT2D eigenvalue weighted by atomic mass is 10.1. The molecule has 0 spiro atoms. The largest absolute Gasteiger partial charge is 0.347 e. The number of carbonyl (C=O) groups excluding carboxylic acids is 1. The molecule has 1 aliphatic rings. The van der Waals surface area contributed by atoms with Gasteiger partial charge in [-0.2, -0.15) is 5.10 Å². The van der Waals surface area contributed by atoms with Crippen LogP contribution in [0.5, 0.6) is 0 Å². The Morgan fingerprint density at radius 2 is 2.11 bits per heavy atom. The highest BCUT2D eigenvalue weighted by Gasteiger charge is 2.23. The number of benzene rings is 1. The number of nitrogens with zero attached hydrogens (tertiary/aromatic N) is 3. The van der Waals surface area contributed by atoms with E-state index in [1.165, 1.54) is 6.07 Å². The second kappa shape index (κ2) is 8.31. The fraction of sp³-hybridized carbons (Fsp3) is 0.286. The maximum absolute atomic E-state index is 13.9. The summed E-state index contributed by atoms with van der Waals surface area (Å²) in [6.45, 7) is 2.54. The molecule has 28 heavy (non-hydrogen) atoms. The van der Waals surface area contributed by atoms with Gasteiger partial charge in [0, 0.05) is 30.9 Å². The van der Waals surface area contributed by atoms with Crippen LogP contribution >= 0.6 is 0 Å². The Hall–Kier alpha value is -3.06. The first-order valence-electron chi connectivity index (χ1n) is 9.42. The Kier molecular flexibility index (Phi) is 5.43. The van der Waals surface area contributed by atoms with Gasteiger partial charge in [-0.15, -0.1) is 0 Å². The first kappa shape index (κ1) is 18.3. The van der Waals surface area contributed by atoms with Crippen molar-refractivity contribution in [1.82, 2.24) is 25.4 Å². The average molecular weight is 379 g/mol. The Morgan fingerprint density at radius 1 is 1.25 bits per heavy atom. The van der Waals surface area contributed by atoms with E-state index in [0.717, 1.165) is 38.2 Å². The molecule has 0 aliphatic carbocycles. The Labute approximate surface area is 162 Å². The van der Waals surface area contributed by atoms with E-state index < -0.39 is 0 Å². The number of pyridine rings is 1. The van der Waals surface area contributed by atoms with Crippen LogP contribution in [0.15, 0.2) is 54.7 Å². The van der Waals surface area contributed by atoms with E-state index in [1.54, 1.807) is 30.5 Å². The second-order valence-electron chi connectivity index (χ2n) is 7.02. The molecular formula is C21H22FN5O. The molecule has 2 aromatic heterocycles. The van der Waals surface area contributed by atoms with Crippen LogP contribution in [0.4, 0.5) is 4.39 Å². The van der Waals surface area contributed by atoms with Gasteiger partial charge in [-0.1, -0.05) is 18.2 Å². The molecule has 1 aromatic carbocycles. The van der Waals surface area contributed by atoms with E-state index in [1.807, 2.05) is 18.2 Å². The lowest BCUT2D eigenvalue weighted by Gasteiger charge is -2.32. The summed E-state index contributed by atoms with van der Waals surface area (Å²) < 4.78 is 13.9. The van der Waals surface area contributed by atoms with E-state index in [0.29, 0.717) is 17.0 Å². The van der Waals surface area contributed by atoms with Gasteiger partial charge in [0.25, 0.3) is 5.91 Å². The molecule has 1 amide bonds. The van der Waals surface area contributed by atoms with Crippen molar-refractivity contribution in [3.8, 4) is 11.3 Å². The summed E-state index contributed by atoms with van der Waals surface area (Å²) in [4.78, 5) is 19.3. The van der Waals surface area contributed by atoms with Gasteiger partial charge >= 0.3 is 0 Å². The van der Waals surface area contributed by atoms with E-state index >= 15 is 0 Å². The maximum atomic E-state index is 13.9. The van der Waals surface area contributed by atoms with Crippen molar-refractivity contribution in [2.75, 3.05) is 13.1 Å². The number of piperidine rings is 1. The molecule has 1 unspecified atom stereocenters. The summed E-state index contributed by atoms with van der Waals surface area (Å²) in [5, 5.41) is 9.87. The van der Waals surface area contributed by atoms with Crippen molar-refractivity contribution < 1.29 is 9.18 Å². The summed E-state index contributed by atoms with van der Waals surface area (Å²) in [5.41, 5.74) is 2.15. The normalized spacial score (nSPS) is 17.4. The molecule has 3 aromatic rings. The van der Waals surface area contributed by atoms with E-state index in [4.69, 9.17) is 0 Å². The standard InChI is InChI=1S/C21H22FN5O/c22-18-9-2-1-8-17(18)19-12-20(26-25-19)21(28)24-16-7-5-11-27(14-16)13-15-6-3-4-10-23-15/h1-4,6,8-10,12,16H,5,7,11,13-14H2,(H,24,28)(H,25,26). The molecule has 7 heteroatoms. The second-order valence-corrected chi connectivity index (χ2v) is 7.02. The van der Waals surface area contributed by atoms with Gasteiger partial charge in [0.2, 0.25) is 0 Å². The van der Waals surface area contributed by atoms with Crippen molar-refractivity contribution in [2.24, 2.45) is 0 Å². The number of halogens is 1. The SMILES string of the molecule is O=C(NC1CCCN(Cc2ccccn2)C1)c1cc(-c2ccccc2F)n[nH]1. The Balaban J connectivity index is 1.38. The third kappa shape index (κ3) is 4.26. The van der Waals surface area contributed by atoms with Crippen molar-refractivity contribution in [2.45, 2.75) is 25.4 Å². The molecule has 1 atom stereocenters. The zero-order valence-corrected chi connectivity index (χ0v) is 15.4. The Bertz CT molecular complexity index is 943. The highest BCUT2D eigenvalue weighted by Crippen LogP contribution is 2.21. The van der Waals surface area contributed by atoms with E-state index in [2.05, 4.69) is 25.4 Å². The number of aromatic nitrogens is 3. The summed E-state index contributed by atoms with van der Waals surface area (Å²) in [6.07, 6.45) is 3.74. The van der Waals surface area contributed by atoms with Crippen molar-refractivity contribution in [3.05, 3.63) is 71.9 Å².